The zero-order valence-corrected chi connectivity index (χ0v) is 24.2. The van der Waals surface area contributed by atoms with Crippen LogP contribution < -0.4 is 10.2 Å². The van der Waals surface area contributed by atoms with E-state index >= 15 is 0 Å². The van der Waals surface area contributed by atoms with Gasteiger partial charge >= 0.3 is 0 Å². The molecule has 0 radical (unpaired) electrons. The Morgan fingerprint density at radius 1 is 1.10 bits per heavy atom. The first-order chi connectivity index (χ1) is 20.5. The number of halogens is 1. The summed E-state index contributed by atoms with van der Waals surface area (Å²) >= 11 is 0. The minimum Gasteiger partial charge on any atom is -0.371 e. The van der Waals surface area contributed by atoms with Crippen molar-refractivity contribution in [1.82, 2.24) is 4.90 Å². The first kappa shape index (κ1) is 29.1. The fourth-order valence-electron chi connectivity index (χ4n) is 5.55. The van der Waals surface area contributed by atoms with Crippen molar-refractivity contribution >= 4 is 41.0 Å². The van der Waals surface area contributed by atoms with E-state index in [1.165, 1.54) is 24.1 Å². The maximum Gasteiger partial charge on any atom is 0.255 e. The van der Waals surface area contributed by atoms with Gasteiger partial charge in [-0.1, -0.05) is 54.1 Å². The lowest BCUT2D eigenvalue weighted by Gasteiger charge is -2.29. The second kappa shape index (κ2) is 14.0. The number of aliphatic imine (C=N–C) groups is 2. The van der Waals surface area contributed by atoms with Crippen molar-refractivity contribution in [3.8, 4) is 0 Å². The number of fused-ring (bicyclic) bond motifs is 1. The number of benzene rings is 3. The van der Waals surface area contributed by atoms with E-state index in [9.17, 15) is 9.18 Å². The van der Waals surface area contributed by atoms with Gasteiger partial charge in [0.05, 0.1) is 6.67 Å². The standard InChI is InChI=1S/C35H38FN5O/c1-37-30(16-17-38-25-40(2)24-26-10-4-5-11-26)21-27-14-15-34(33-13-7-6-12-32(27)33)39-35(42)28-20-29(36)23-31(22-28)41-18-8-3-9-19-41/h4-7,10,12-17,20,22-23H,1,3,8-9,11,18-19,21,24-25H2,2H3,(H,39,42)/b30-16-,38-17-. The molecule has 0 unspecified atom stereocenters. The van der Waals surface area contributed by atoms with Crippen LogP contribution in [0.3, 0.4) is 0 Å². The lowest BCUT2D eigenvalue weighted by molar-refractivity contribution is 0.102. The predicted molar refractivity (Wildman–Crippen MR) is 174 cm³/mol. The number of hydrogen-bond donors (Lipinski definition) is 1. The molecule has 42 heavy (non-hydrogen) atoms. The lowest BCUT2D eigenvalue weighted by atomic mass is 9.99. The molecule has 216 valence electrons. The molecule has 2 aliphatic rings. The van der Waals surface area contributed by atoms with E-state index in [2.05, 4.69) is 57.1 Å². The SMILES string of the molecule is C=N/C(=C\C=N/CN(C)CC1=CC=CC1)Cc1ccc(NC(=O)c2cc(F)cc(N3CCCCC3)c2)c2ccccc12. The van der Waals surface area contributed by atoms with E-state index in [0.717, 1.165) is 66.6 Å². The summed E-state index contributed by atoms with van der Waals surface area (Å²) in [7, 11) is 2.06. The molecule has 1 aliphatic carbocycles. The molecule has 1 saturated heterocycles. The highest BCUT2D eigenvalue weighted by Gasteiger charge is 2.17. The van der Waals surface area contributed by atoms with Crippen LogP contribution in [0.15, 0.2) is 100 Å². The van der Waals surface area contributed by atoms with Gasteiger partial charge in [-0.3, -0.25) is 19.7 Å². The third kappa shape index (κ3) is 7.47. The smallest absolute Gasteiger partial charge is 0.255 e. The first-order valence-corrected chi connectivity index (χ1v) is 14.6. The Morgan fingerprint density at radius 3 is 2.67 bits per heavy atom. The van der Waals surface area contributed by atoms with Crippen molar-refractivity contribution in [3.63, 3.8) is 0 Å². The molecule has 0 bridgehead atoms. The number of hydrogen-bond acceptors (Lipinski definition) is 5. The minimum atomic E-state index is -0.404. The van der Waals surface area contributed by atoms with Crippen molar-refractivity contribution in [2.24, 2.45) is 9.98 Å². The fourth-order valence-corrected chi connectivity index (χ4v) is 5.55. The van der Waals surface area contributed by atoms with E-state index in [-0.39, 0.29) is 5.91 Å². The van der Waals surface area contributed by atoms with Gasteiger partial charge in [0.1, 0.15) is 5.82 Å². The van der Waals surface area contributed by atoms with E-state index in [1.54, 1.807) is 12.3 Å². The summed E-state index contributed by atoms with van der Waals surface area (Å²) in [4.78, 5) is 26.4. The number of carbonyl (C=O) groups excluding carboxylic acids is 1. The normalized spacial score (nSPS) is 15.5. The molecule has 0 atom stereocenters. The number of nitrogens with zero attached hydrogens (tertiary/aromatic N) is 4. The second-order valence-corrected chi connectivity index (χ2v) is 11.0. The van der Waals surface area contributed by atoms with Gasteiger partial charge in [0.2, 0.25) is 0 Å². The van der Waals surface area contributed by atoms with Gasteiger partial charge in [-0.05, 0) is 80.7 Å². The molecular formula is C35H38FN5O. The van der Waals surface area contributed by atoms with Gasteiger partial charge in [-0.25, -0.2) is 4.39 Å². The van der Waals surface area contributed by atoms with Crippen LogP contribution in [0.25, 0.3) is 10.8 Å². The van der Waals surface area contributed by atoms with Gasteiger partial charge in [0.15, 0.2) is 0 Å². The summed E-state index contributed by atoms with van der Waals surface area (Å²) in [5, 5.41) is 4.94. The van der Waals surface area contributed by atoms with E-state index in [4.69, 9.17) is 0 Å². The number of amides is 1. The lowest BCUT2D eigenvalue weighted by Crippen LogP contribution is -2.29. The maximum atomic E-state index is 14.5. The van der Waals surface area contributed by atoms with Crippen LogP contribution in [0.5, 0.6) is 0 Å². The van der Waals surface area contributed by atoms with Gasteiger partial charge in [-0.2, -0.15) is 0 Å². The van der Waals surface area contributed by atoms with Crippen molar-refractivity contribution in [3.05, 3.63) is 107 Å². The minimum absolute atomic E-state index is 0.311. The van der Waals surface area contributed by atoms with Crippen LogP contribution in [-0.4, -0.2) is 57.1 Å². The largest absolute Gasteiger partial charge is 0.371 e. The van der Waals surface area contributed by atoms with Crippen molar-refractivity contribution in [2.45, 2.75) is 32.1 Å². The summed E-state index contributed by atoms with van der Waals surface area (Å²) in [6.07, 6.45) is 15.0. The number of anilines is 2. The van der Waals surface area contributed by atoms with E-state index < -0.39 is 5.82 Å². The number of likely N-dealkylation sites (N-methyl/N-ethyl adjacent to an activating group) is 1. The van der Waals surface area contributed by atoms with E-state index in [0.29, 0.717) is 24.3 Å². The summed E-state index contributed by atoms with van der Waals surface area (Å²) in [6.45, 7) is 7.02. The Kier molecular flexibility index (Phi) is 9.72. The molecule has 0 saturated carbocycles. The number of piperidine rings is 1. The maximum absolute atomic E-state index is 14.5. The summed E-state index contributed by atoms with van der Waals surface area (Å²) < 4.78 is 14.5. The molecule has 7 heteroatoms. The fraction of sp³-hybridized carbons (Fsp3) is 0.286. The average Bonchev–Trinajstić information content (AvgIpc) is 3.52. The zero-order valence-electron chi connectivity index (χ0n) is 24.2. The van der Waals surface area contributed by atoms with Crippen LogP contribution in [0.1, 0.15) is 41.6 Å². The molecule has 0 spiro atoms. The Bertz CT molecular complexity index is 1560. The molecule has 1 N–H and O–H groups in total. The Balaban J connectivity index is 1.28. The number of nitrogens with one attached hydrogen (secondary N) is 1. The van der Waals surface area contributed by atoms with Gasteiger partial charge in [-0.15, -0.1) is 0 Å². The first-order valence-electron chi connectivity index (χ1n) is 14.6. The zero-order chi connectivity index (χ0) is 29.3. The summed E-state index contributed by atoms with van der Waals surface area (Å²) in [5.74, 6) is -0.737. The van der Waals surface area contributed by atoms with Gasteiger partial charge in [0, 0.05) is 60.3 Å². The number of allylic oxidation sites excluding steroid dienone is 5. The van der Waals surface area contributed by atoms with E-state index in [1.807, 2.05) is 42.5 Å². The summed E-state index contributed by atoms with van der Waals surface area (Å²) in [6, 6.07) is 16.4. The number of carbonyl (C=O) groups is 1. The van der Waals surface area contributed by atoms with Crippen LogP contribution >= 0.6 is 0 Å². The van der Waals surface area contributed by atoms with Crippen LogP contribution in [0.4, 0.5) is 15.8 Å². The van der Waals surface area contributed by atoms with Crippen LogP contribution in [-0.2, 0) is 6.42 Å². The third-order valence-electron chi connectivity index (χ3n) is 7.72. The highest BCUT2D eigenvalue weighted by atomic mass is 19.1. The molecule has 5 rings (SSSR count). The quantitative estimate of drug-likeness (QED) is 0.251. The monoisotopic (exact) mass is 563 g/mol. The molecule has 1 aliphatic heterocycles. The number of rotatable bonds is 11. The van der Waals surface area contributed by atoms with Crippen LogP contribution in [0.2, 0.25) is 0 Å². The molecule has 3 aromatic carbocycles. The molecule has 1 fully saturated rings. The van der Waals surface area contributed by atoms with Crippen molar-refractivity contribution in [1.29, 1.82) is 0 Å². The molecule has 0 aromatic heterocycles. The Labute approximate surface area is 247 Å². The highest BCUT2D eigenvalue weighted by molar-refractivity contribution is 6.10. The molecule has 3 aromatic rings. The van der Waals surface area contributed by atoms with Crippen molar-refractivity contribution < 1.29 is 9.18 Å². The summed E-state index contributed by atoms with van der Waals surface area (Å²) in [5.41, 5.74) is 5.00. The third-order valence-corrected chi connectivity index (χ3v) is 7.72. The second-order valence-electron chi connectivity index (χ2n) is 11.0. The van der Waals surface area contributed by atoms with Gasteiger partial charge in [0.25, 0.3) is 5.91 Å². The predicted octanol–water partition coefficient (Wildman–Crippen LogP) is 7.19. The molecule has 6 nitrogen and oxygen atoms in total. The topological polar surface area (TPSA) is 60.3 Å². The molecule has 1 amide bonds. The van der Waals surface area contributed by atoms with Crippen LogP contribution in [0, 0.1) is 5.82 Å². The Morgan fingerprint density at radius 2 is 1.90 bits per heavy atom. The van der Waals surface area contributed by atoms with Crippen molar-refractivity contribution in [2.75, 3.05) is 43.6 Å². The molecule has 1 heterocycles. The molecular weight excluding hydrogens is 525 g/mol. The van der Waals surface area contributed by atoms with Gasteiger partial charge < -0.3 is 10.2 Å². The highest BCUT2D eigenvalue weighted by Crippen LogP contribution is 2.30. The average molecular weight is 564 g/mol. The Hall–Kier alpha value is -4.36.